The van der Waals surface area contributed by atoms with Crippen LogP contribution in [-0.2, 0) is 11.3 Å². The lowest BCUT2D eigenvalue weighted by molar-refractivity contribution is -0.386. The molecule has 1 amide bonds. The number of nitrogens with zero attached hydrogens (tertiary/aromatic N) is 4. The van der Waals surface area contributed by atoms with E-state index < -0.39 is 4.92 Å². The summed E-state index contributed by atoms with van der Waals surface area (Å²) in [4.78, 5) is 25.4. The zero-order chi connectivity index (χ0) is 17.1. The zero-order valence-corrected chi connectivity index (χ0v) is 14.4. The normalized spacial score (nSPS) is 15.9. The van der Waals surface area contributed by atoms with Gasteiger partial charge in [0.05, 0.1) is 4.92 Å². The van der Waals surface area contributed by atoms with Gasteiger partial charge in [-0.25, -0.2) is 0 Å². The first-order chi connectivity index (χ1) is 10.8. The number of hydrogen-bond donors (Lipinski definition) is 0. The molecule has 0 spiro atoms. The Morgan fingerprint density at radius 1 is 1.35 bits per heavy atom. The second-order valence-corrected chi connectivity index (χ2v) is 6.62. The molecule has 0 radical (unpaired) electrons. The maximum atomic E-state index is 12.8. The summed E-state index contributed by atoms with van der Waals surface area (Å²) in [7, 11) is 0. The van der Waals surface area contributed by atoms with Crippen molar-refractivity contribution in [1.82, 2.24) is 14.7 Å². The summed E-state index contributed by atoms with van der Waals surface area (Å²) < 4.78 is 1.47. The predicted molar refractivity (Wildman–Crippen MR) is 87.2 cm³/mol. The minimum atomic E-state index is -0.431. The highest BCUT2D eigenvalue weighted by Gasteiger charge is 2.29. The van der Waals surface area contributed by atoms with Gasteiger partial charge in [-0.2, -0.15) is 5.10 Å². The van der Waals surface area contributed by atoms with Gasteiger partial charge in [0.15, 0.2) is 0 Å². The SMILES string of the molecule is Cc1nn(CC(=O)N(C(C)C)C2CCCCC2)c(C)c1[N+](=O)[O-]. The van der Waals surface area contributed by atoms with Crippen molar-refractivity contribution < 1.29 is 9.72 Å². The molecule has 1 aromatic rings. The van der Waals surface area contributed by atoms with Gasteiger partial charge >= 0.3 is 5.69 Å². The van der Waals surface area contributed by atoms with Crippen LogP contribution in [-0.4, -0.2) is 37.6 Å². The highest BCUT2D eigenvalue weighted by Crippen LogP contribution is 2.26. The molecule has 1 heterocycles. The Kier molecular flexibility index (Phi) is 5.38. The molecule has 0 N–H and O–H groups in total. The monoisotopic (exact) mass is 322 g/mol. The van der Waals surface area contributed by atoms with E-state index in [1.165, 1.54) is 11.1 Å². The molecule has 0 bridgehead atoms. The van der Waals surface area contributed by atoms with E-state index in [1.54, 1.807) is 13.8 Å². The Morgan fingerprint density at radius 3 is 2.43 bits per heavy atom. The minimum absolute atomic E-state index is 0.00608. The van der Waals surface area contributed by atoms with Gasteiger partial charge in [0.2, 0.25) is 5.91 Å². The molecule has 1 aliphatic rings. The molecule has 0 aromatic carbocycles. The third-order valence-electron chi connectivity index (χ3n) is 4.62. The van der Waals surface area contributed by atoms with Gasteiger partial charge < -0.3 is 4.90 Å². The minimum Gasteiger partial charge on any atom is -0.336 e. The van der Waals surface area contributed by atoms with Gasteiger partial charge in [-0.1, -0.05) is 19.3 Å². The van der Waals surface area contributed by atoms with Crippen LogP contribution in [0.5, 0.6) is 0 Å². The zero-order valence-electron chi connectivity index (χ0n) is 14.4. The average Bonchev–Trinajstić information content (AvgIpc) is 2.74. The molecule has 0 unspecified atom stereocenters. The van der Waals surface area contributed by atoms with Gasteiger partial charge in [-0.05, 0) is 40.5 Å². The molecule has 0 atom stereocenters. The lowest BCUT2D eigenvalue weighted by Gasteiger charge is -2.37. The first-order valence-corrected chi connectivity index (χ1v) is 8.32. The number of amides is 1. The van der Waals surface area contributed by atoms with E-state index in [2.05, 4.69) is 5.10 Å². The molecule has 7 nitrogen and oxygen atoms in total. The maximum absolute atomic E-state index is 12.8. The summed E-state index contributed by atoms with van der Waals surface area (Å²) in [6.07, 6.45) is 5.64. The van der Waals surface area contributed by atoms with E-state index in [-0.39, 0.29) is 30.2 Å². The first kappa shape index (κ1) is 17.4. The number of aryl methyl sites for hydroxylation is 1. The molecule has 7 heteroatoms. The van der Waals surface area contributed by atoms with Crippen LogP contribution in [0.25, 0.3) is 0 Å². The Morgan fingerprint density at radius 2 is 1.96 bits per heavy atom. The lowest BCUT2D eigenvalue weighted by atomic mass is 9.93. The first-order valence-electron chi connectivity index (χ1n) is 8.32. The average molecular weight is 322 g/mol. The van der Waals surface area contributed by atoms with Crippen LogP contribution in [0.3, 0.4) is 0 Å². The Hall–Kier alpha value is -1.92. The van der Waals surface area contributed by atoms with Crippen molar-refractivity contribution in [1.29, 1.82) is 0 Å². The van der Waals surface area contributed by atoms with Gasteiger partial charge in [0.25, 0.3) is 0 Å². The van der Waals surface area contributed by atoms with E-state index in [4.69, 9.17) is 0 Å². The Bertz CT molecular complexity index is 588. The Balaban J connectivity index is 2.19. The molecular formula is C16H26N4O3. The molecule has 0 aliphatic heterocycles. The lowest BCUT2D eigenvalue weighted by Crippen LogP contribution is -2.47. The molecule has 2 rings (SSSR count). The smallest absolute Gasteiger partial charge is 0.312 e. The third-order valence-corrected chi connectivity index (χ3v) is 4.62. The summed E-state index contributed by atoms with van der Waals surface area (Å²) in [6.45, 7) is 7.36. The molecule has 1 aromatic heterocycles. The number of carbonyl (C=O) groups is 1. The predicted octanol–water partition coefficient (Wildman–Crippen LogP) is 2.98. The van der Waals surface area contributed by atoms with Crippen LogP contribution in [0.1, 0.15) is 57.3 Å². The topological polar surface area (TPSA) is 81.3 Å². The summed E-state index contributed by atoms with van der Waals surface area (Å²) in [5.41, 5.74) is 0.800. The van der Waals surface area contributed by atoms with Gasteiger partial charge in [0.1, 0.15) is 17.9 Å². The van der Waals surface area contributed by atoms with E-state index in [9.17, 15) is 14.9 Å². The third kappa shape index (κ3) is 3.71. The van der Waals surface area contributed by atoms with Crippen LogP contribution in [0, 0.1) is 24.0 Å². The maximum Gasteiger partial charge on any atom is 0.312 e. The highest BCUT2D eigenvalue weighted by atomic mass is 16.6. The van der Waals surface area contributed by atoms with E-state index in [0.717, 1.165) is 25.7 Å². The second-order valence-electron chi connectivity index (χ2n) is 6.62. The van der Waals surface area contributed by atoms with Crippen molar-refractivity contribution in [3.8, 4) is 0 Å². The van der Waals surface area contributed by atoms with Crippen LogP contribution < -0.4 is 0 Å². The molecule has 1 fully saturated rings. The van der Waals surface area contributed by atoms with Crippen LogP contribution in [0.4, 0.5) is 5.69 Å². The summed E-state index contributed by atoms with van der Waals surface area (Å²) in [5.74, 6) is -0.00704. The molecule has 23 heavy (non-hydrogen) atoms. The molecule has 1 aliphatic carbocycles. The molecule has 1 saturated carbocycles. The van der Waals surface area contributed by atoms with Gasteiger partial charge in [0, 0.05) is 12.1 Å². The highest BCUT2D eigenvalue weighted by molar-refractivity contribution is 5.76. The summed E-state index contributed by atoms with van der Waals surface area (Å²) >= 11 is 0. The van der Waals surface area contributed by atoms with E-state index >= 15 is 0 Å². The fraction of sp³-hybridized carbons (Fsp3) is 0.750. The fourth-order valence-electron chi connectivity index (χ4n) is 3.59. The Labute approximate surface area is 136 Å². The molecular weight excluding hydrogens is 296 g/mol. The van der Waals surface area contributed by atoms with Crippen molar-refractivity contribution in [2.45, 2.75) is 78.4 Å². The van der Waals surface area contributed by atoms with E-state index in [1.807, 2.05) is 18.7 Å². The molecule has 0 saturated heterocycles. The molecule has 128 valence electrons. The standard InChI is InChI=1S/C16H26N4O3/c1-11(2)19(14-8-6-5-7-9-14)15(21)10-18-13(4)16(20(22)23)12(3)17-18/h11,14H,5-10H2,1-4H3. The number of carbonyl (C=O) groups excluding carboxylic acids is 1. The second kappa shape index (κ2) is 7.10. The number of rotatable bonds is 5. The van der Waals surface area contributed by atoms with Gasteiger partial charge in [-0.15, -0.1) is 0 Å². The van der Waals surface area contributed by atoms with E-state index in [0.29, 0.717) is 11.4 Å². The number of hydrogen-bond acceptors (Lipinski definition) is 4. The van der Waals surface area contributed by atoms with Gasteiger partial charge in [-0.3, -0.25) is 19.6 Å². The van der Waals surface area contributed by atoms with Crippen molar-refractivity contribution in [3.05, 3.63) is 21.5 Å². The summed E-state index contributed by atoms with van der Waals surface area (Å²) in [5, 5.41) is 15.3. The number of nitro groups is 1. The largest absolute Gasteiger partial charge is 0.336 e. The summed E-state index contributed by atoms with van der Waals surface area (Å²) in [6, 6.07) is 0.403. The fourth-order valence-corrected chi connectivity index (χ4v) is 3.59. The van der Waals surface area contributed by atoms with Crippen molar-refractivity contribution >= 4 is 11.6 Å². The van der Waals surface area contributed by atoms with Crippen LogP contribution >= 0.6 is 0 Å². The number of aromatic nitrogens is 2. The van der Waals surface area contributed by atoms with Crippen molar-refractivity contribution in [2.75, 3.05) is 0 Å². The van der Waals surface area contributed by atoms with Crippen molar-refractivity contribution in [2.24, 2.45) is 0 Å². The van der Waals surface area contributed by atoms with Crippen molar-refractivity contribution in [3.63, 3.8) is 0 Å². The van der Waals surface area contributed by atoms with Crippen LogP contribution in [0.15, 0.2) is 0 Å². The quantitative estimate of drug-likeness (QED) is 0.616. The van der Waals surface area contributed by atoms with Crippen LogP contribution in [0.2, 0.25) is 0 Å².